The van der Waals surface area contributed by atoms with Crippen molar-refractivity contribution in [3.63, 3.8) is 0 Å². The number of hydrogen-bond acceptors (Lipinski definition) is 3. The smallest absolute Gasteiger partial charge is 0.146 e. The number of ketones is 2. The zero-order valence-electron chi connectivity index (χ0n) is 14.8. The van der Waals surface area contributed by atoms with Crippen molar-refractivity contribution in [2.75, 3.05) is 0 Å². The first-order chi connectivity index (χ1) is 11.9. The van der Waals surface area contributed by atoms with E-state index in [-0.39, 0.29) is 18.2 Å². The third-order valence-corrected chi connectivity index (χ3v) is 4.37. The van der Waals surface area contributed by atoms with E-state index in [0.717, 1.165) is 11.1 Å². The van der Waals surface area contributed by atoms with Gasteiger partial charge in [0.25, 0.3) is 0 Å². The molecule has 0 amide bonds. The van der Waals surface area contributed by atoms with Gasteiger partial charge in [-0.05, 0) is 38.5 Å². The van der Waals surface area contributed by atoms with Crippen LogP contribution >= 0.6 is 0 Å². The van der Waals surface area contributed by atoms with E-state index >= 15 is 0 Å². The molecule has 0 saturated carbocycles. The van der Waals surface area contributed by atoms with Crippen molar-refractivity contribution >= 4 is 11.6 Å². The molecule has 0 aromatic heterocycles. The van der Waals surface area contributed by atoms with Crippen molar-refractivity contribution < 1.29 is 14.3 Å². The van der Waals surface area contributed by atoms with Crippen LogP contribution in [0, 0.1) is 17.3 Å². The highest BCUT2D eigenvalue weighted by Gasteiger charge is 2.43. The van der Waals surface area contributed by atoms with Crippen LogP contribution in [0.1, 0.15) is 31.9 Å². The first kappa shape index (κ1) is 18.6. The molecule has 1 unspecified atom stereocenters. The molecule has 0 aliphatic carbocycles. The Labute approximate surface area is 149 Å². The van der Waals surface area contributed by atoms with Gasteiger partial charge in [0.2, 0.25) is 0 Å². The zero-order valence-corrected chi connectivity index (χ0v) is 14.8. The highest BCUT2D eigenvalue weighted by atomic mass is 16.5. The van der Waals surface area contributed by atoms with Crippen LogP contribution in [0.4, 0.5) is 0 Å². The second kappa shape index (κ2) is 8.41. The van der Waals surface area contributed by atoms with Crippen LogP contribution in [-0.2, 0) is 20.9 Å². The average Bonchev–Trinajstić information content (AvgIpc) is 2.62. The molecular formula is C22H22O3. The number of carbonyl (C=O) groups is 2. The van der Waals surface area contributed by atoms with Gasteiger partial charge in [-0.3, -0.25) is 9.59 Å². The lowest BCUT2D eigenvalue weighted by molar-refractivity contribution is -0.145. The van der Waals surface area contributed by atoms with Crippen LogP contribution in [0.2, 0.25) is 0 Å². The number of rotatable bonds is 6. The normalized spacial score (nSPS) is 12.0. The minimum Gasteiger partial charge on any atom is -0.359 e. The topological polar surface area (TPSA) is 43.4 Å². The van der Waals surface area contributed by atoms with Gasteiger partial charge in [0, 0.05) is 5.56 Å². The number of Topliss-reactive ketones (excluding diaryl/α,β-unsaturated/α-hetero) is 2. The SMILES string of the molecule is CC(=O)C(C)(C(C)=O)C(C#Cc1ccccc1)OCc1ccccc1. The van der Waals surface area contributed by atoms with Gasteiger partial charge in [-0.2, -0.15) is 0 Å². The maximum Gasteiger partial charge on any atom is 0.146 e. The Hall–Kier alpha value is -2.70. The minimum absolute atomic E-state index is 0.250. The Morgan fingerprint density at radius 1 is 0.960 bits per heavy atom. The van der Waals surface area contributed by atoms with Gasteiger partial charge in [0.1, 0.15) is 23.1 Å². The third kappa shape index (κ3) is 4.65. The fourth-order valence-electron chi connectivity index (χ4n) is 2.39. The summed E-state index contributed by atoms with van der Waals surface area (Å²) < 4.78 is 5.92. The van der Waals surface area contributed by atoms with Crippen molar-refractivity contribution in [1.82, 2.24) is 0 Å². The average molecular weight is 334 g/mol. The van der Waals surface area contributed by atoms with Crippen LogP contribution in [-0.4, -0.2) is 17.7 Å². The molecule has 0 saturated heterocycles. The van der Waals surface area contributed by atoms with Gasteiger partial charge in [0.05, 0.1) is 6.61 Å². The third-order valence-electron chi connectivity index (χ3n) is 4.37. The molecule has 0 spiro atoms. The Bertz CT molecular complexity index is 768. The summed E-state index contributed by atoms with van der Waals surface area (Å²) in [6, 6.07) is 19.0. The molecule has 0 radical (unpaired) electrons. The van der Waals surface area contributed by atoms with Crippen LogP contribution in [0.15, 0.2) is 60.7 Å². The minimum atomic E-state index is -1.30. The van der Waals surface area contributed by atoms with Gasteiger partial charge in [0.15, 0.2) is 0 Å². The number of carbonyl (C=O) groups excluding carboxylic acids is 2. The summed E-state index contributed by atoms with van der Waals surface area (Å²) in [5, 5.41) is 0. The molecule has 128 valence electrons. The summed E-state index contributed by atoms with van der Waals surface area (Å²) >= 11 is 0. The summed E-state index contributed by atoms with van der Waals surface area (Å²) in [4.78, 5) is 24.4. The van der Waals surface area contributed by atoms with Crippen molar-refractivity contribution in [3.05, 3.63) is 71.8 Å². The molecule has 2 rings (SSSR count). The lowest BCUT2D eigenvalue weighted by Crippen LogP contribution is -2.45. The van der Waals surface area contributed by atoms with Gasteiger partial charge in [-0.1, -0.05) is 60.4 Å². The molecule has 25 heavy (non-hydrogen) atoms. The molecule has 2 aromatic rings. The van der Waals surface area contributed by atoms with E-state index in [0.29, 0.717) is 0 Å². The van der Waals surface area contributed by atoms with Gasteiger partial charge < -0.3 is 4.74 Å². The summed E-state index contributed by atoms with van der Waals surface area (Å²) in [5.41, 5.74) is 0.477. The predicted molar refractivity (Wildman–Crippen MR) is 97.8 cm³/mol. The number of benzene rings is 2. The Kier molecular flexibility index (Phi) is 6.27. The lowest BCUT2D eigenvalue weighted by atomic mass is 9.77. The number of hydrogen-bond donors (Lipinski definition) is 0. The predicted octanol–water partition coefficient (Wildman–Crippen LogP) is 3.81. The van der Waals surface area contributed by atoms with Crippen LogP contribution in [0.3, 0.4) is 0 Å². The van der Waals surface area contributed by atoms with E-state index < -0.39 is 11.5 Å². The first-order valence-corrected chi connectivity index (χ1v) is 8.18. The molecule has 0 aliphatic heterocycles. The molecule has 3 heteroatoms. The van der Waals surface area contributed by atoms with E-state index in [1.807, 2.05) is 60.7 Å². The summed E-state index contributed by atoms with van der Waals surface area (Å²) in [7, 11) is 0. The monoisotopic (exact) mass is 334 g/mol. The molecule has 3 nitrogen and oxygen atoms in total. The lowest BCUT2D eigenvalue weighted by Gasteiger charge is -2.29. The van der Waals surface area contributed by atoms with E-state index in [4.69, 9.17) is 4.74 Å². The Morgan fingerprint density at radius 2 is 1.48 bits per heavy atom. The van der Waals surface area contributed by atoms with Crippen molar-refractivity contribution in [2.24, 2.45) is 5.41 Å². The zero-order chi connectivity index (χ0) is 18.3. The van der Waals surface area contributed by atoms with Gasteiger partial charge in [-0.15, -0.1) is 0 Å². The summed E-state index contributed by atoms with van der Waals surface area (Å²) in [5.74, 6) is 5.51. The highest BCUT2D eigenvalue weighted by Crippen LogP contribution is 2.27. The standard InChI is InChI=1S/C22H22O3/c1-17(23)22(3,18(2)24)21(15-14-19-10-6-4-7-11-19)25-16-20-12-8-5-9-13-20/h4-13,21H,16H2,1-3H3. The number of ether oxygens (including phenoxy) is 1. The highest BCUT2D eigenvalue weighted by molar-refractivity contribution is 6.05. The molecule has 0 bridgehead atoms. The maximum absolute atomic E-state index is 12.2. The van der Waals surface area contributed by atoms with Crippen LogP contribution in [0.5, 0.6) is 0 Å². The molecule has 0 fully saturated rings. The van der Waals surface area contributed by atoms with E-state index in [9.17, 15) is 9.59 Å². The molecule has 0 N–H and O–H groups in total. The fourth-order valence-corrected chi connectivity index (χ4v) is 2.39. The Balaban J connectivity index is 2.32. The fraction of sp³-hybridized carbons (Fsp3) is 0.273. The summed E-state index contributed by atoms with van der Waals surface area (Å²) in [6.07, 6.45) is -0.817. The second-order valence-electron chi connectivity index (χ2n) is 6.13. The largest absolute Gasteiger partial charge is 0.359 e. The van der Waals surface area contributed by atoms with Gasteiger partial charge >= 0.3 is 0 Å². The molecular weight excluding hydrogens is 312 g/mol. The molecule has 0 aliphatic rings. The summed E-state index contributed by atoms with van der Waals surface area (Å²) in [6.45, 7) is 4.70. The first-order valence-electron chi connectivity index (χ1n) is 8.18. The van der Waals surface area contributed by atoms with Crippen molar-refractivity contribution in [1.29, 1.82) is 0 Å². The van der Waals surface area contributed by atoms with E-state index in [2.05, 4.69) is 11.8 Å². The molecule has 2 aromatic carbocycles. The maximum atomic E-state index is 12.2. The van der Waals surface area contributed by atoms with Crippen molar-refractivity contribution in [3.8, 4) is 11.8 Å². The van der Waals surface area contributed by atoms with Crippen molar-refractivity contribution in [2.45, 2.75) is 33.5 Å². The quantitative estimate of drug-likeness (QED) is 0.596. The van der Waals surface area contributed by atoms with Gasteiger partial charge in [-0.25, -0.2) is 0 Å². The molecule has 1 atom stereocenters. The van der Waals surface area contributed by atoms with E-state index in [1.165, 1.54) is 13.8 Å². The molecule has 0 heterocycles. The second-order valence-corrected chi connectivity index (χ2v) is 6.13. The van der Waals surface area contributed by atoms with Crippen LogP contribution < -0.4 is 0 Å². The van der Waals surface area contributed by atoms with Crippen LogP contribution in [0.25, 0.3) is 0 Å². The Morgan fingerprint density at radius 3 is 2.00 bits per heavy atom. The van der Waals surface area contributed by atoms with E-state index in [1.54, 1.807) is 6.92 Å².